The second kappa shape index (κ2) is 11.3. The van der Waals surface area contributed by atoms with Crippen molar-refractivity contribution >= 4 is 23.9 Å². The maximum atomic E-state index is 11.7. The van der Waals surface area contributed by atoms with Crippen LogP contribution in [0.5, 0.6) is 0 Å². The van der Waals surface area contributed by atoms with Crippen LogP contribution in [0.1, 0.15) is 19.8 Å². The van der Waals surface area contributed by atoms with Crippen LogP contribution in [0.3, 0.4) is 0 Å². The van der Waals surface area contributed by atoms with Crippen LogP contribution in [-0.2, 0) is 33.4 Å². The predicted molar refractivity (Wildman–Crippen MR) is 81.8 cm³/mol. The molecule has 1 fully saturated rings. The molecule has 0 aromatic rings. The third-order valence-corrected chi connectivity index (χ3v) is 2.97. The molecule has 25 heavy (non-hydrogen) atoms. The van der Waals surface area contributed by atoms with Gasteiger partial charge >= 0.3 is 12.1 Å². The van der Waals surface area contributed by atoms with Crippen molar-refractivity contribution in [1.29, 1.82) is 0 Å². The average Bonchev–Trinajstić information content (AvgIpc) is 2.89. The Kier molecular flexibility index (Phi) is 9.43. The Bertz CT molecular complexity index is 469. The van der Waals surface area contributed by atoms with Gasteiger partial charge in [0.15, 0.2) is 0 Å². The summed E-state index contributed by atoms with van der Waals surface area (Å²) in [5, 5.41) is 2.63. The molecule has 0 aromatic heterocycles. The Morgan fingerprint density at radius 2 is 1.64 bits per heavy atom. The molecule has 0 bridgehead atoms. The van der Waals surface area contributed by atoms with E-state index in [4.69, 9.17) is 19.9 Å². The molecule has 0 aliphatic carbocycles. The van der Waals surface area contributed by atoms with Crippen LogP contribution in [0.25, 0.3) is 0 Å². The molecule has 3 amide bonds. The van der Waals surface area contributed by atoms with Crippen LogP contribution < -0.4 is 11.1 Å². The number of hydroxylamine groups is 2. The zero-order valence-electron chi connectivity index (χ0n) is 14.0. The van der Waals surface area contributed by atoms with E-state index >= 15 is 0 Å². The van der Waals surface area contributed by atoms with Gasteiger partial charge < -0.3 is 30.1 Å². The minimum atomic E-state index is -1.10. The summed E-state index contributed by atoms with van der Waals surface area (Å²) in [4.78, 5) is 50.6. The molecule has 0 radical (unpaired) electrons. The number of nitrogens with one attached hydrogen (secondary N) is 1. The lowest BCUT2D eigenvalue weighted by atomic mass is 10.3. The van der Waals surface area contributed by atoms with Gasteiger partial charge in [-0.2, -0.15) is 0 Å². The molecule has 0 saturated carbocycles. The summed E-state index contributed by atoms with van der Waals surface area (Å²) in [6, 6.07) is -1.10. The van der Waals surface area contributed by atoms with Crippen molar-refractivity contribution in [2.45, 2.75) is 25.8 Å². The van der Waals surface area contributed by atoms with Crippen molar-refractivity contribution < 1.29 is 38.2 Å². The van der Waals surface area contributed by atoms with E-state index < -0.39 is 29.9 Å². The van der Waals surface area contributed by atoms with Crippen molar-refractivity contribution in [1.82, 2.24) is 10.4 Å². The van der Waals surface area contributed by atoms with Gasteiger partial charge in [0.25, 0.3) is 11.8 Å². The van der Waals surface area contributed by atoms with Crippen LogP contribution in [0.2, 0.25) is 0 Å². The minimum absolute atomic E-state index is 0.00672. The SMILES string of the molecule is C[C@H](NC(=O)OCCOCCOCCN)C(=O)ON1C(=O)CCC1=O. The van der Waals surface area contributed by atoms with Gasteiger partial charge in [0, 0.05) is 19.4 Å². The number of hydrogen-bond donors (Lipinski definition) is 2. The van der Waals surface area contributed by atoms with E-state index in [2.05, 4.69) is 10.2 Å². The highest BCUT2D eigenvalue weighted by Gasteiger charge is 2.34. The molecule has 1 aliphatic rings. The van der Waals surface area contributed by atoms with E-state index in [1.807, 2.05) is 0 Å². The molecule has 1 aliphatic heterocycles. The van der Waals surface area contributed by atoms with Crippen molar-refractivity contribution in [2.24, 2.45) is 5.73 Å². The Balaban J connectivity index is 2.13. The molecular weight excluding hydrogens is 338 g/mol. The van der Waals surface area contributed by atoms with E-state index in [9.17, 15) is 19.2 Å². The fourth-order valence-corrected chi connectivity index (χ4v) is 1.70. The van der Waals surface area contributed by atoms with Crippen LogP contribution in [0, 0.1) is 0 Å². The van der Waals surface area contributed by atoms with Gasteiger partial charge in [-0.05, 0) is 6.92 Å². The van der Waals surface area contributed by atoms with Gasteiger partial charge in [-0.15, -0.1) is 5.06 Å². The Morgan fingerprint density at radius 3 is 2.24 bits per heavy atom. The molecule has 1 atom stereocenters. The van der Waals surface area contributed by atoms with E-state index in [0.29, 0.717) is 31.4 Å². The Hall–Kier alpha value is -2.24. The summed E-state index contributed by atoms with van der Waals surface area (Å²) in [5.74, 6) is -2.14. The van der Waals surface area contributed by atoms with Crippen molar-refractivity contribution in [3.8, 4) is 0 Å². The molecule has 11 nitrogen and oxygen atoms in total. The van der Waals surface area contributed by atoms with Gasteiger partial charge in [-0.1, -0.05) is 0 Å². The van der Waals surface area contributed by atoms with Crippen LogP contribution in [-0.4, -0.2) is 74.6 Å². The van der Waals surface area contributed by atoms with E-state index in [-0.39, 0.29) is 26.1 Å². The summed E-state index contributed by atoms with van der Waals surface area (Å²) in [6.07, 6.45) is -0.869. The maximum Gasteiger partial charge on any atom is 0.407 e. The standard InChI is InChI=1S/C14H23N3O8/c1-10(13(20)25-17-11(18)2-3-12(17)19)16-14(21)24-9-8-23-7-6-22-5-4-15/h10H,2-9,15H2,1H3,(H,16,21)/t10-/m0/s1. The smallest absolute Gasteiger partial charge is 0.407 e. The molecule has 0 aromatic carbocycles. The molecule has 0 unspecified atom stereocenters. The highest BCUT2D eigenvalue weighted by atomic mass is 16.7. The molecule has 11 heteroatoms. The molecular formula is C14H23N3O8. The van der Waals surface area contributed by atoms with Crippen molar-refractivity contribution in [3.63, 3.8) is 0 Å². The minimum Gasteiger partial charge on any atom is -0.447 e. The molecule has 0 spiro atoms. The molecule has 1 rings (SSSR count). The zero-order chi connectivity index (χ0) is 18.7. The topological polar surface area (TPSA) is 146 Å². The number of nitrogens with two attached hydrogens (primary N) is 1. The van der Waals surface area contributed by atoms with E-state index in [1.165, 1.54) is 6.92 Å². The average molecular weight is 361 g/mol. The number of carbonyl (C=O) groups is 4. The second-order valence-corrected chi connectivity index (χ2v) is 5.01. The summed E-state index contributed by atoms with van der Waals surface area (Å²) in [6.45, 7) is 3.09. The summed E-state index contributed by atoms with van der Waals surface area (Å²) < 4.78 is 15.0. The molecule has 1 heterocycles. The zero-order valence-corrected chi connectivity index (χ0v) is 14.0. The summed E-state index contributed by atoms with van der Waals surface area (Å²) in [7, 11) is 0. The third kappa shape index (κ3) is 7.92. The first-order valence-corrected chi connectivity index (χ1v) is 7.82. The monoisotopic (exact) mass is 361 g/mol. The quantitative estimate of drug-likeness (QED) is 0.338. The van der Waals surface area contributed by atoms with E-state index in [0.717, 1.165) is 0 Å². The molecule has 3 N–H and O–H groups in total. The summed E-state index contributed by atoms with van der Waals surface area (Å²) in [5.41, 5.74) is 5.25. The maximum absolute atomic E-state index is 11.7. The fraction of sp³-hybridized carbons (Fsp3) is 0.714. The van der Waals surface area contributed by atoms with E-state index in [1.54, 1.807) is 0 Å². The number of carbonyl (C=O) groups excluding carboxylic acids is 4. The van der Waals surface area contributed by atoms with Crippen molar-refractivity contribution in [3.05, 3.63) is 0 Å². The first-order valence-electron chi connectivity index (χ1n) is 7.82. The largest absolute Gasteiger partial charge is 0.447 e. The van der Waals surface area contributed by atoms with Gasteiger partial charge in [-0.3, -0.25) is 9.59 Å². The predicted octanol–water partition coefficient (Wildman–Crippen LogP) is -1.30. The number of nitrogens with zero attached hydrogens (tertiary/aromatic N) is 1. The summed E-state index contributed by atoms with van der Waals surface area (Å²) >= 11 is 0. The fourth-order valence-electron chi connectivity index (χ4n) is 1.70. The third-order valence-electron chi connectivity index (χ3n) is 2.97. The van der Waals surface area contributed by atoms with Crippen LogP contribution >= 0.6 is 0 Å². The van der Waals surface area contributed by atoms with Gasteiger partial charge in [-0.25, -0.2) is 9.59 Å². The first-order chi connectivity index (χ1) is 12.0. The van der Waals surface area contributed by atoms with Crippen LogP contribution in [0.4, 0.5) is 4.79 Å². The molecule has 1 saturated heterocycles. The number of alkyl carbamates (subject to hydrolysis) is 1. The van der Waals surface area contributed by atoms with Crippen LogP contribution in [0.15, 0.2) is 0 Å². The van der Waals surface area contributed by atoms with Gasteiger partial charge in [0.05, 0.1) is 26.4 Å². The lowest BCUT2D eigenvalue weighted by Gasteiger charge is -2.17. The highest BCUT2D eigenvalue weighted by Crippen LogP contribution is 2.12. The number of imide groups is 1. The second-order valence-electron chi connectivity index (χ2n) is 5.01. The van der Waals surface area contributed by atoms with Gasteiger partial charge in [0.1, 0.15) is 12.6 Å². The van der Waals surface area contributed by atoms with Crippen molar-refractivity contribution in [2.75, 3.05) is 39.6 Å². The number of hydrogen-bond acceptors (Lipinski definition) is 9. The Labute approximate surface area is 144 Å². The number of rotatable bonds is 11. The first kappa shape index (κ1) is 20.8. The van der Waals surface area contributed by atoms with Gasteiger partial charge in [0.2, 0.25) is 0 Å². The normalized spacial score (nSPS) is 15.2. The Morgan fingerprint density at radius 1 is 1.08 bits per heavy atom. The molecule has 142 valence electrons. The lowest BCUT2D eigenvalue weighted by molar-refractivity contribution is -0.198. The highest BCUT2D eigenvalue weighted by molar-refractivity contribution is 6.01. The number of amides is 3. The lowest BCUT2D eigenvalue weighted by Crippen LogP contribution is -2.44. The number of ether oxygens (including phenoxy) is 3.